The summed E-state index contributed by atoms with van der Waals surface area (Å²) in [5, 5.41) is 7.40. The van der Waals surface area contributed by atoms with Gasteiger partial charge in [0, 0.05) is 40.1 Å². The molecule has 1 fully saturated rings. The van der Waals surface area contributed by atoms with Crippen LogP contribution in [0.4, 0.5) is 28.4 Å². The van der Waals surface area contributed by atoms with Crippen LogP contribution in [0, 0.1) is 0 Å². The first kappa shape index (κ1) is 43.8. The molecule has 2 heteroatoms. The van der Waals surface area contributed by atoms with Crippen LogP contribution >= 0.6 is 0 Å². The van der Waals surface area contributed by atoms with Gasteiger partial charge < -0.3 is 9.80 Å². The molecule has 0 saturated heterocycles. The Morgan fingerprint density at radius 3 is 1.54 bits per heavy atom. The molecule has 1 saturated carbocycles. The lowest BCUT2D eigenvalue weighted by molar-refractivity contribution is 0.361. The van der Waals surface area contributed by atoms with Gasteiger partial charge >= 0.3 is 0 Å². The van der Waals surface area contributed by atoms with E-state index >= 15 is 0 Å². The van der Waals surface area contributed by atoms with E-state index < -0.39 is 0 Å². The van der Waals surface area contributed by atoms with Crippen molar-refractivity contribution in [2.24, 2.45) is 0 Å². The maximum absolute atomic E-state index is 2.68. The van der Waals surface area contributed by atoms with E-state index in [4.69, 9.17) is 0 Å². The summed E-state index contributed by atoms with van der Waals surface area (Å²) >= 11 is 0. The molecule has 0 aromatic heterocycles. The molecule has 0 spiro atoms. The van der Waals surface area contributed by atoms with Crippen LogP contribution in [0.2, 0.25) is 0 Å². The second-order valence-corrected chi connectivity index (χ2v) is 20.2. The highest BCUT2D eigenvalue weighted by atomic mass is 15.2. The average Bonchev–Trinajstić information content (AvgIpc) is 3.84. The van der Waals surface area contributed by atoms with E-state index in [1.807, 2.05) is 0 Å². The Labute approximate surface area is 434 Å². The SMILES string of the molecule is c1ccc(-c2ccc3c(c2)C2CC(c4ccccc4)CCC2N3c2ccc(N(c3ccccc3)c3cccc4c(-c5c6ccccc6c(-c6ccccc6-c6ccccc6)c6ccccc56)cccc34)cc2)cc1. The van der Waals surface area contributed by atoms with Gasteiger partial charge in [-0.1, -0.05) is 218 Å². The Bertz CT molecular complexity index is 3940. The maximum Gasteiger partial charge on any atom is 0.0540 e. The van der Waals surface area contributed by atoms with Crippen molar-refractivity contribution in [2.75, 3.05) is 9.80 Å². The van der Waals surface area contributed by atoms with Crippen molar-refractivity contribution in [3.05, 3.63) is 284 Å². The monoisotopic (exact) mass is 946 g/mol. The summed E-state index contributed by atoms with van der Waals surface area (Å²) in [7, 11) is 0. The molecule has 1 aliphatic heterocycles. The highest BCUT2D eigenvalue weighted by Crippen LogP contribution is 2.55. The van der Waals surface area contributed by atoms with Crippen molar-refractivity contribution in [1.82, 2.24) is 0 Å². The van der Waals surface area contributed by atoms with Gasteiger partial charge in [-0.2, -0.15) is 0 Å². The molecule has 2 nitrogen and oxygen atoms in total. The van der Waals surface area contributed by atoms with E-state index in [1.165, 1.54) is 106 Å². The topological polar surface area (TPSA) is 6.48 Å². The molecule has 12 aromatic rings. The van der Waals surface area contributed by atoms with Crippen molar-refractivity contribution < 1.29 is 0 Å². The first-order valence-corrected chi connectivity index (χ1v) is 26.3. The molecule has 0 N–H and O–H groups in total. The summed E-state index contributed by atoms with van der Waals surface area (Å²) in [6, 6.07) is 102. The fraction of sp³-hybridized carbons (Fsp3) is 0.0833. The van der Waals surface area contributed by atoms with Gasteiger partial charge in [0.2, 0.25) is 0 Å². The standard InChI is InChI=1S/C72H54N2/c1-5-21-49(22-6-1)52-39-45-69-66(47-52)67-48-53(50-23-7-2-8-24-50)40-46-70(67)74(69)56-43-41-55(42-44-56)73(54-27-11-4-12-28-54)68-38-20-35-58-59(68)36-19-37-61(58)72-64-33-17-15-31-62(64)71(63-32-16-18-34-65(63)72)60-30-14-13-29-57(60)51-25-9-3-10-26-51/h1-39,41-45,47,53,67,70H,40,46,48H2. The molecule has 2 aliphatic rings. The second-order valence-electron chi connectivity index (χ2n) is 20.2. The van der Waals surface area contributed by atoms with Gasteiger partial charge in [-0.25, -0.2) is 0 Å². The number of para-hydroxylation sites is 1. The first-order valence-electron chi connectivity index (χ1n) is 26.3. The fourth-order valence-electron chi connectivity index (χ4n) is 13.0. The minimum Gasteiger partial charge on any atom is -0.338 e. The molecule has 3 atom stereocenters. The van der Waals surface area contributed by atoms with E-state index in [2.05, 4.69) is 283 Å². The van der Waals surface area contributed by atoms with Crippen molar-refractivity contribution in [3.63, 3.8) is 0 Å². The number of rotatable bonds is 9. The number of benzene rings is 12. The molecule has 12 aromatic carbocycles. The van der Waals surface area contributed by atoms with E-state index in [1.54, 1.807) is 0 Å². The van der Waals surface area contributed by atoms with Crippen LogP contribution in [0.3, 0.4) is 0 Å². The summed E-state index contributed by atoms with van der Waals surface area (Å²) < 4.78 is 0. The maximum atomic E-state index is 2.68. The Morgan fingerprint density at radius 1 is 0.351 bits per heavy atom. The van der Waals surface area contributed by atoms with Gasteiger partial charge in [0.25, 0.3) is 0 Å². The molecular weight excluding hydrogens is 893 g/mol. The number of fused-ring (bicyclic) bond motifs is 6. The zero-order chi connectivity index (χ0) is 49.0. The van der Waals surface area contributed by atoms with E-state index in [9.17, 15) is 0 Å². The predicted molar refractivity (Wildman–Crippen MR) is 314 cm³/mol. The second kappa shape index (κ2) is 18.6. The fourth-order valence-corrected chi connectivity index (χ4v) is 13.0. The first-order chi connectivity index (χ1) is 36.7. The van der Waals surface area contributed by atoms with E-state index in [0.717, 1.165) is 29.9 Å². The highest BCUT2D eigenvalue weighted by Gasteiger charge is 2.43. The summed E-state index contributed by atoms with van der Waals surface area (Å²) in [5.74, 6) is 0.987. The lowest BCUT2D eigenvalue weighted by Crippen LogP contribution is -2.34. The third kappa shape index (κ3) is 7.48. The van der Waals surface area contributed by atoms with Crippen molar-refractivity contribution in [3.8, 4) is 44.5 Å². The van der Waals surface area contributed by atoms with Crippen molar-refractivity contribution >= 4 is 60.8 Å². The van der Waals surface area contributed by atoms with Gasteiger partial charge in [0.15, 0.2) is 0 Å². The summed E-state index contributed by atoms with van der Waals surface area (Å²) in [6.07, 6.45) is 3.48. The number of hydrogen-bond donors (Lipinski definition) is 0. The summed E-state index contributed by atoms with van der Waals surface area (Å²) in [4.78, 5) is 5.13. The minimum atomic E-state index is 0.392. The van der Waals surface area contributed by atoms with Crippen LogP contribution in [0.5, 0.6) is 0 Å². The van der Waals surface area contributed by atoms with Crippen molar-refractivity contribution in [1.29, 1.82) is 0 Å². The summed E-state index contributed by atoms with van der Waals surface area (Å²) in [5.41, 5.74) is 18.9. The summed E-state index contributed by atoms with van der Waals surface area (Å²) in [6.45, 7) is 0. The number of hydrogen-bond acceptors (Lipinski definition) is 2. The zero-order valence-electron chi connectivity index (χ0n) is 41.2. The van der Waals surface area contributed by atoms with Crippen LogP contribution in [-0.2, 0) is 0 Å². The smallest absolute Gasteiger partial charge is 0.0540 e. The van der Waals surface area contributed by atoms with Crippen molar-refractivity contribution in [2.45, 2.75) is 37.1 Å². The zero-order valence-corrected chi connectivity index (χ0v) is 41.2. The molecule has 1 heterocycles. The lowest BCUT2D eigenvalue weighted by atomic mass is 9.73. The average molecular weight is 947 g/mol. The van der Waals surface area contributed by atoms with Crippen LogP contribution in [0.25, 0.3) is 76.8 Å². The Hall–Kier alpha value is -8.98. The van der Waals surface area contributed by atoms with Gasteiger partial charge in [0.1, 0.15) is 0 Å². The third-order valence-electron chi connectivity index (χ3n) is 16.2. The Morgan fingerprint density at radius 2 is 0.865 bits per heavy atom. The van der Waals surface area contributed by atoms with Crippen LogP contribution in [-0.4, -0.2) is 6.04 Å². The highest BCUT2D eigenvalue weighted by molar-refractivity contribution is 6.25. The molecule has 352 valence electrons. The number of nitrogens with zero attached hydrogens (tertiary/aromatic N) is 2. The van der Waals surface area contributed by atoms with E-state index in [-0.39, 0.29) is 0 Å². The molecule has 0 radical (unpaired) electrons. The van der Waals surface area contributed by atoms with Gasteiger partial charge in [0.05, 0.1) is 5.69 Å². The van der Waals surface area contributed by atoms with Gasteiger partial charge in [-0.05, 0) is 162 Å². The Balaban J connectivity index is 0.886. The quantitative estimate of drug-likeness (QED) is 0.133. The molecule has 3 unspecified atom stereocenters. The van der Waals surface area contributed by atoms with Crippen LogP contribution < -0.4 is 9.80 Å². The Kier molecular flexibility index (Phi) is 11.0. The van der Waals surface area contributed by atoms with Gasteiger partial charge in [-0.15, -0.1) is 0 Å². The molecule has 1 aliphatic carbocycles. The predicted octanol–water partition coefficient (Wildman–Crippen LogP) is 19.9. The molecule has 0 amide bonds. The van der Waals surface area contributed by atoms with E-state index in [0.29, 0.717) is 17.9 Å². The van der Waals surface area contributed by atoms with Crippen LogP contribution in [0.1, 0.15) is 42.2 Å². The largest absolute Gasteiger partial charge is 0.338 e. The normalized spacial score (nSPS) is 16.1. The lowest BCUT2D eigenvalue weighted by Gasteiger charge is -2.37. The molecule has 74 heavy (non-hydrogen) atoms. The van der Waals surface area contributed by atoms with Gasteiger partial charge in [-0.3, -0.25) is 0 Å². The van der Waals surface area contributed by atoms with Crippen LogP contribution in [0.15, 0.2) is 273 Å². The third-order valence-corrected chi connectivity index (χ3v) is 16.2. The number of anilines is 5. The molecule has 0 bridgehead atoms. The molecule has 14 rings (SSSR count). The minimum absolute atomic E-state index is 0.392. The molecular formula is C72H54N2.